The van der Waals surface area contributed by atoms with Gasteiger partial charge in [0.15, 0.2) is 0 Å². The second-order valence-electron chi connectivity index (χ2n) is 6.51. The van der Waals surface area contributed by atoms with Crippen LogP contribution in [-0.2, 0) is 0 Å². The Balaban J connectivity index is 1.69. The van der Waals surface area contributed by atoms with Crippen molar-refractivity contribution in [2.24, 2.45) is 0 Å². The fraction of sp³-hybridized carbons (Fsp3) is 0.350. The van der Waals surface area contributed by atoms with Gasteiger partial charge in [-0.3, -0.25) is 0 Å². The zero-order valence-corrected chi connectivity index (χ0v) is 13.7. The van der Waals surface area contributed by atoms with Gasteiger partial charge in [-0.05, 0) is 24.0 Å². The molecule has 0 spiro atoms. The topological polar surface area (TPSA) is 61.4 Å². The summed E-state index contributed by atoms with van der Waals surface area (Å²) < 4.78 is 0. The maximum Gasteiger partial charge on any atom is 0.315 e. The summed E-state index contributed by atoms with van der Waals surface area (Å²) in [4.78, 5) is 12.4. The molecule has 1 saturated carbocycles. The molecule has 2 aromatic carbocycles. The maximum atomic E-state index is 12.4. The molecule has 0 bridgehead atoms. The Bertz CT molecular complexity index is 612. The number of urea groups is 1. The first kappa shape index (κ1) is 16.5. The summed E-state index contributed by atoms with van der Waals surface area (Å²) in [7, 11) is 0. The van der Waals surface area contributed by atoms with Crippen molar-refractivity contribution in [2.75, 3.05) is 6.54 Å². The van der Waals surface area contributed by atoms with Gasteiger partial charge in [-0.1, -0.05) is 73.5 Å². The number of nitrogens with one attached hydrogen (secondary N) is 2. The third-order valence-electron chi connectivity index (χ3n) is 4.65. The molecule has 126 valence electrons. The van der Waals surface area contributed by atoms with Crippen molar-refractivity contribution in [3.8, 4) is 0 Å². The molecular weight excluding hydrogens is 300 g/mol. The lowest BCUT2D eigenvalue weighted by molar-refractivity contribution is 0.0500. The fourth-order valence-corrected chi connectivity index (χ4v) is 3.29. The number of hydrogen-bond donors (Lipinski definition) is 3. The SMILES string of the molecule is O=C(NCC1(O)CCCC1)NC(c1ccccc1)c1ccccc1. The average molecular weight is 324 g/mol. The fourth-order valence-electron chi connectivity index (χ4n) is 3.29. The molecule has 3 N–H and O–H groups in total. The molecule has 2 amide bonds. The van der Waals surface area contributed by atoms with Crippen molar-refractivity contribution in [2.45, 2.75) is 37.3 Å². The van der Waals surface area contributed by atoms with Gasteiger partial charge in [0.2, 0.25) is 0 Å². The third kappa shape index (κ3) is 4.15. The summed E-state index contributed by atoms with van der Waals surface area (Å²) in [5.74, 6) is 0. The molecule has 0 heterocycles. The van der Waals surface area contributed by atoms with Crippen LogP contribution in [0.4, 0.5) is 4.79 Å². The van der Waals surface area contributed by atoms with Gasteiger partial charge in [-0.25, -0.2) is 4.79 Å². The lowest BCUT2D eigenvalue weighted by Gasteiger charge is -2.24. The Labute approximate surface area is 142 Å². The Morgan fingerprint density at radius 1 is 0.958 bits per heavy atom. The van der Waals surface area contributed by atoms with Crippen LogP contribution in [0.2, 0.25) is 0 Å². The average Bonchev–Trinajstić information content (AvgIpc) is 3.06. The zero-order valence-electron chi connectivity index (χ0n) is 13.7. The second kappa shape index (κ2) is 7.49. The van der Waals surface area contributed by atoms with E-state index in [0.29, 0.717) is 6.54 Å². The first-order valence-electron chi connectivity index (χ1n) is 8.53. The van der Waals surface area contributed by atoms with Gasteiger partial charge in [0.1, 0.15) is 0 Å². The van der Waals surface area contributed by atoms with Gasteiger partial charge in [-0.2, -0.15) is 0 Å². The summed E-state index contributed by atoms with van der Waals surface area (Å²) >= 11 is 0. The predicted molar refractivity (Wildman–Crippen MR) is 94.7 cm³/mol. The molecule has 2 aromatic rings. The minimum Gasteiger partial charge on any atom is -0.388 e. The highest BCUT2D eigenvalue weighted by molar-refractivity contribution is 5.75. The van der Waals surface area contributed by atoms with Crippen molar-refractivity contribution >= 4 is 6.03 Å². The van der Waals surface area contributed by atoms with E-state index in [1.807, 2.05) is 60.7 Å². The lowest BCUT2D eigenvalue weighted by Crippen LogP contribution is -2.46. The van der Waals surface area contributed by atoms with Gasteiger partial charge < -0.3 is 15.7 Å². The van der Waals surface area contributed by atoms with Gasteiger partial charge in [-0.15, -0.1) is 0 Å². The van der Waals surface area contributed by atoms with E-state index >= 15 is 0 Å². The largest absolute Gasteiger partial charge is 0.388 e. The van der Waals surface area contributed by atoms with E-state index in [2.05, 4.69) is 10.6 Å². The van der Waals surface area contributed by atoms with Gasteiger partial charge in [0.25, 0.3) is 0 Å². The van der Waals surface area contributed by atoms with E-state index in [4.69, 9.17) is 0 Å². The number of hydrogen-bond acceptors (Lipinski definition) is 2. The molecule has 1 aliphatic carbocycles. The van der Waals surface area contributed by atoms with Crippen LogP contribution in [0.15, 0.2) is 60.7 Å². The van der Waals surface area contributed by atoms with E-state index in [1.165, 1.54) is 0 Å². The smallest absolute Gasteiger partial charge is 0.315 e. The van der Waals surface area contributed by atoms with Crippen molar-refractivity contribution < 1.29 is 9.90 Å². The zero-order chi connectivity index (χ0) is 16.8. The Hall–Kier alpha value is -2.33. The van der Waals surface area contributed by atoms with Crippen LogP contribution in [-0.4, -0.2) is 23.3 Å². The summed E-state index contributed by atoms with van der Waals surface area (Å²) in [5.41, 5.74) is 1.31. The number of amides is 2. The molecule has 3 rings (SSSR count). The monoisotopic (exact) mass is 324 g/mol. The van der Waals surface area contributed by atoms with Crippen molar-refractivity contribution in [3.63, 3.8) is 0 Å². The summed E-state index contributed by atoms with van der Waals surface area (Å²) in [6.07, 6.45) is 3.56. The summed E-state index contributed by atoms with van der Waals surface area (Å²) in [5, 5.41) is 16.2. The van der Waals surface area contributed by atoms with Gasteiger partial charge in [0, 0.05) is 6.54 Å². The van der Waals surface area contributed by atoms with E-state index in [9.17, 15) is 9.90 Å². The van der Waals surface area contributed by atoms with E-state index in [-0.39, 0.29) is 12.1 Å². The molecule has 0 saturated heterocycles. The second-order valence-corrected chi connectivity index (χ2v) is 6.51. The Kier molecular flexibility index (Phi) is 5.16. The van der Waals surface area contributed by atoms with E-state index in [0.717, 1.165) is 36.8 Å². The molecular formula is C20H24N2O2. The molecule has 4 nitrogen and oxygen atoms in total. The highest BCUT2D eigenvalue weighted by Gasteiger charge is 2.31. The highest BCUT2D eigenvalue weighted by Crippen LogP contribution is 2.28. The van der Waals surface area contributed by atoms with Crippen molar-refractivity contribution in [1.29, 1.82) is 0 Å². The molecule has 0 atom stereocenters. The van der Waals surface area contributed by atoms with Gasteiger partial charge in [0.05, 0.1) is 11.6 Å². The number of aliphatic hydroxyl groups is 1. The van der Waals surface area contributed by atoms with Crippen LogP contribution in [0.5, 0.6) is 0 Å². The Morgan fingerprint density at radius 2 is 1.46 bits per heavy atom. The first-order chi connectivity index (χ1) is 11.7. The molecule has 0 aliphatic heterocycles. The van der Waals surface area contributed by atoms with Crippen molar-refractivity contribution in [3.05, 3.63) is 71.8 Å². The molecule has 0 unspecified atom stereocenters. The molecule has 0 radical (unpaired) electrons. The number of rotatable bonds is 5. The summed E-state index contributed by atoms with van der Waals surface area (Å²) in [6.45, 7) is 0.301. The highest BCUT2D eigenvalue weighted by atomic mass is 16.3. The minimum absolute atomic E-state index is 0.217. The number of benzene rings is 2. The van der Waals surface area contributed by atoms with Crippen LogP contribution in [0.3, 0.4) is 0 Å². The third-order valence-corrected chi connectivity index (χ3v) is 4.65. The molecule has 24 heavy (non-hydrogen) atoms. The van der Waals surface area contributed by atoms with Crippen LogP contribution in [0.25, 0.3) is 0 Å². The van der Waals surface area contributed by atoms with Gasteiger partial charge >= 0.3 is 6.03 Å². The number of carbonyl (C=O) groups is 1. The van der Waals surface area contributed by atoms with Crippen LogP contribution in [0, 0.1) is 0 Å². The normalized spacial score (nSPS) is 16.1. The maximum absolute atomic E-state index is 12.4. The molecule has 4 heteroatoms. The van der Waals surface area contributed by atoms with E-state index < -0.39 is 5.60 Å². The predicted octanol–water partition coefficient (Wildman–Crippen LogP) is 3.38. The molecule has 1 fully saturated rings. The van der Waals surface area contributed by atoms with E-state index in [1.54, 1.807) is 0 Å². The van der Waals surface area contributed by atoms with Crippen LogP contribution in [0.1, 0.15) is 42.9 Å². The minimum atomic E-state index is -0.744. The van der Waals surface area contributed by atoms with Crippen LogP contribution < -0.4 is 10.6 Å². The molecule has 1 aliphatic rings. The Morgan fingerprint density at radius 3 is 1.96 bits per heavy atom. The summed E-state index contributed by atoms with van der Waals surface area (Å²) in [6, 6.07) is 19.3. The van der Waals surface area contributed by atoms with Crippen molar-refractivity contribution in [1.82, 2.24) is 10.6 Å². The first-order valence-corrected chi connectivity index (χ1v) is 8.53. The molecule has 0 aromatic heterocycles. The quantitative estimate of drug-likeness (QED) is 0.789. The van der Waals surface area contributed by atoms with Crippen LogP contribution >= 0.6 is 0 Å². The lowest BCUT2D eigenvalue weighted by atomic mass is 9.99. The number of carbonyl (C=O) groups excluding carboxylic acids is 1. The standard InChI is InChI=1S/C20H24N2O2/c23-19(21-15-20(24)13-7-8-14-20)22-18(16-9-3-1-4-10-16)17-11-5-2-6-12-17/h1-6,9-12,18,24H,7-8,13-15H2,(H2,21,22,23).